The molecular formula is C27H30ClFN2O2. The van der Waals surface area contributed by atoms with Gasteiger partial charge in [0.2, 0.25) is 0 Å². The lowest BCUT2D eigenvalue weighted by atomic mass is 10.0. The summed E-state index contributed by atoms with van der Waals surface area (Å²) in [5.41, 5.74) is 3.73. The number of para-hydroxylation sites is 1. The summed E-state index contributed by atoms with van der Waals surface area (Å²) in [6.07, 6.45) is 1.92. The molecule has 0 unspecified atom stereocenters. The van der Waals surface area contributed by atoms with Crippen molar-refractivity contribution < 1.29 is 13.9 Å². The quantitative estimate of drug-likeness (QED) is 0.352. The number of piperazine rings is 1. The van der Waals surface area contributed by atoms with E-state index in [4.69, 9.17) is 21.1 Å². The number of benzene rings is 3. The van der Waals surface area contributed by atoms with Crippen LogP contribution in [0.15, 0.2) is 66.7 Å². The normalized spacial score (nSPS) is 14.3. The monoisotopic (exact) mass is 468 g/mol. The highest BCUT2D eigenvalue weighted by molar-refractivity contribution is 6.30. The number of ether oxygens (including phenoxy) is 2. The first kappa shape index (κ1) is 23.4. The summed E-state index contributed by atoms with van der Waals surface area (Å²) in [5, 5.41) is 0.380. The zero-order valence-electron chi connectivity index (χ0n) is 19.0. The molecule has 0 N–H and O–H groups in total. The van der Waals surface area contributed by atoms with Gasteiger partial charge in [0.25, 0.3) is 0 Å². The van der Waals surface area contributed by atoms with Crippen molar-refractivity contribution in [3.63, 3.8) is 0 Å². The molecule has 1 fully saturated rings. The fraction of sp³-hybridized carbons (Fsp3) is 0.333. The maximum absolute atomic E-state index is 13.8. The van der Waals surface area contributed by atoms with E-state index in [9.17, 15) is 4.39 Å². The van der Waals surface area contributed by atoms with Crippen molar-refractivity contribution in [3.05, 3.63) is 77.6 Å². The molecule has 0 aliphatic carbocycles. The lowest BCUT2D eigenvalue weighted by Gasteiger charge is -2.37. The molecule has 0 spiro atoms. The fourth-order valence-corrected chi connectivity index (χ4v) is 4.35. The Hall–Kier alpha value is -2.76. The minimum atomic E-state index is -0.409. The Balaban J connectivity index is 1.24. The van der Waals surface area contributed by atoms with Crippen LogP contribution in [0.25, 0.3) is 11.1 Å². The van der Waals surface area contributed by atoms with E-state index in [1.54, 1.807) is 19.2 Å². The van der Waals surface area contributed by atoms with Gasteiger partial charge in [0.1, 0.15) is 5.75 Å². The van der Waals surface area contributed by atoms with Gasteiger partial charge in [-0.3, -0.25) is 4.90 Å². The highest BCUT2D eigenvalue weighted by Gasteiger charge is 2.19. The molecule has 1 heterocycles. The van der Waals surface area contributed by atoms with E-state index < -0.39 is 5.82 Å². The van der Waals surface area contributed by atoms with Crippen molar-refractivity contribution in [2.24, 2.45) is 0 Å². The van der Waals surface area contributed by atoms with Gasteiger partial charge in [0, 0.05) is 42.5 Å². The Bertz CT molecular complexity index is 1040. The third kappa shape index (κ3) is 6.18. The Morgan fingerprint density at radius 3 is 2.39 bits per heavy atom. The topological polar surface area (TPSA) is 24.9 Å². The van der Waals surface area contributed by atoms with Crippen molar-refractivity contribution in [1.82, 2.24) is 4.90 Å². The zero-order chi connectivity index (χ0) is 23.0. The standard InChI is InChI=1S/C27H30ClFN2O2/c1-32-23-11-8-21(9-12-23)24-6-2-3-7-26(24)31-17-15-30(16-18-31)14-4-5-19-33-27-13-10-22(28)20-25(27)29/h2-3,6-13,20H,4-5,14-19H2,1H3. The first-order valence-corrected chi connectivity index (χ1v) is 11.8. The van der Waals surface area contributed by atoms with Gasteiger partial charge in [-0.25, -0.2) is 4.39 Å². The van der Waals surface area contributed by atoms with Gasteiger partial charge in [0.15, 0.2) is 11.6 Å². The molecule has 3 aromatic carbocycles. The number of rotatable bonds is 9. The summed E-state index contributed by atoms with van der Waals surface area (Å²) in [5.74, 6) is 0.727. The number of anilines is 1. The van der Waals surface area contributed by atoms with Crippen LogP contribution in [-0.4, -0.2) is 51.3 Å². The first-order valence-electron chi connectivity index (χ1n) is 11.4. The molecular weight excluding hydrogens is 439 g/mol. The van der Waals surface area contributed by atoms with Crippen LogP contribution in [0.5, 0.6) is 11.5 Å². The van der Waals surface area contributed by atoms with E-state index in [-0.39, 0.29) is 5.75 Å². The third-order valence-corrected chi connectivity index (χ3v) is 6.27. The second-order valence-corrected chi connectivity index (χ2v) is 8.64. The summed E-state index contributed by atoms with van der Waals surface area (Å²) in [7, 11) is 1.69. The summed E-state index contributed by atoms with van der Waals surface area (Å²) >= 11 is 5.78. The van der Waals surface area contributed by atoms with E-state index >= 15 is 0 Å². The van der Waals surface area contributed by atoms with Gasteiger partial charge in [-0.05, 0) is 61.3 Å². The van der Waals surface area contributed by atoms with Gasteiger partial charge in [-0.15, -0.1) is 0 Å². The predicted molar refractivity (Wildman–Crippen MR) is 133 cm³/mol. The van der Waals surface area contributed by atoms with Crippen LogP contribution in [0.3, 0.4) is 0 Å². The Labute approximate surface area is 200 Å². The molecule has 4 nitrogen and oxygen atoms in total. The number of halogens is 2. The maximum Gasteiger partial charge on any atom is 0.166 e. The highest BCUT2D eigenvalue weighted by Crippen LogP contribution is 2.32. The van der Waals surface area contributed by atoms with Crippen LogP contribution in [0.4, 0.5) is 10.1 Å². The molecule has 1 aliphatic heterocycles. The van der Waals surface area contributed by atoms with Gasteiger partial charge in [0.05, 0.1) is 13.7 Å². The fourth-order valence-electron chi connectivity index (χ4n) is 4.19. The SMILES string of the molecule is COc1ccc(-c2ccccc2N2CCN(CCCCOc3ccc(Cl)cc3F)CC2)cc1. The first-order chi connectivity index (χ1) is 16.1. The minimum Gasteiger partial charge on any atom is -0.497 e. The molecule has 33 heavy (non-hydrogen) atoms. The second-order valence-electron chi connectivity index (χ2n) is 8.20. The summed E-state index contributed by atoms with van der Waals surface area (Å²) in [4.78, 5) is 4.97. The lowest BCUT2D eigenvalue weighted by molar-refractivity contribution is 0.236. The van der Waals surface area contributed by atoms with Crippen molar-refractivity contribution in [2.75, 3.05) is 51.3 Å². The molecule has 0 amide bonds. The largest absolute Gasteiger partial charge is 0.497 e. The number of unbranched alkanes of at least 4 members (excludes halogenated alkanes) is 1. The summed E-state index contributed by atoms with van der Waals surface area (Å²) in [6.45, 7) is 5.60. The summed E-state index contributed by atoms with van der Waals surface area (Å²) in [6, 6.07) is 21.4. The third-order valence-electron chi connectivity index (χ3n) is 6.04. The average molecular weight is 469 g/mol. The van der Waals surface area contributed by atoms with Crippen LogP contribution in [0.1, 0.15) is 12.8 Å². The second kappa shape index (κ2) is 11.4. The van der Waals surface area contributed by atoms with E-state index in [1.807, 2.05) is 12.1 Å². The Morgan fingerprint density at radius 1 is 0.909 bits per heavy atom. The number of hydrogen-bond donors (Lipinski definition) is 0. The molecule has 3 aromatic rings. The average Bonchev–Trinajstić information content (AvgIpc) is 2.85. The Morgan fingerprint density at radius 2 is 1.67 bits per heavy atom. The molecule has 4 rings (SSSR count). The molecule has 0 atom stereocenters. The van der Waals surface area contributed by atoms with Crippen molar-refractivity contribution in [3.8, 4) is 22.6 Å². The Kier molecular flexibility index (Phi) is 8.08. The number of methoxy groups -OCH3 is 1. The molecule has 0 bridgehead atoms. The van der Waals surface area contributed by atoms with E-state index in [1.165, 1.54) is 22.9 Å². The number of nitrogens with zero attached hydrogens (tertiary/aromatic N) is 2. The lowest BCUT2D eigenvalue weighted by Crippen LogP contribution is -2.46. The van der Waals surface area contributed by atoms with Gasteiger partial charge in [-0.1, -0.05) is 41.9 Å². The van der Waals surface area contributed by atoms with Crippen LogP contribution >= 0.6 is 11.6 Å². The van der Waals surface area contributed by atoms with Gasteiger partial charge < -0.3 is 14.4 Å². The summed E-state index contributed by atoms with van der Waals surface area (Å²) < 4.78 is 24.6. The van der Waals surface area contributed by atoms with Crippen LogP contribution in [-0.2, 0) is 0 Å². The molecule has 1 aliphatic rings. The van der Waals surface area contributed by atoms with E-state index in [2.05, 4.69) is 46.2 Å². The van der Waals surface area contributed by atoms with E-state index in [0.717, 1.165) is 51.3 Å². The van der Waals surface area contributed by atoms with Crippen molar-refractivity contribution >= 4 is 17.3 Å². The molecule has 0 aromatic heterocycles. The highest BCUT2D eigenvalue weighted by atomic mass is 35.5. The maximum atomic E-state index is 13.8. The van der Waals surface area contributed by atoms with Crippen LogP contribution in [0, 0.1) is 5.82 Å². The van der Waals surface area contributed by atoms with E-state index in [0.29, 0.717) is 11.6 Å². The number of hydrogen-bond acceptors (Lipinski definition) is 4. The zero-order valence-corrected chi connectivity index (χ0v) is 19.7. The smallest absolute Gasteiger partial charge is 0.166 e. The molecule has 1 saturated heterocycles. The van der Waals surface area contributed by atoms with Crippen LogP contribution in [0.2, 0.25) is 5.02 Å². The van der Waals surface area contributed by atoms with Crippen molar-refractivity contribution in [1.29, 1.82) is 0 Å². The minimum absolute atomic E-state index is 0.267. The van der Waals surface area contributed by atoms with Crippen molar-refractivity contribution in [2.45, 2.75) is 12.8 Å². The predicted octanol–water partition coefficient (Wildman–Crippen LogP) is 6.14. The molecule has 0 saturated carbocycles. The molecule has 6 heteroatoms. The van der Waals surface area contributed by atoms with Gasteiger partial charge >= 0.3 is 0 Å². The molecule has 0 radical (unpaired) electrons. The van der Waals surface area contributed by atoms with Gasteiger partial charge in [-0.2, -0.15) is 0 Å². The van der Waals surface area contributed by atoms with Crippen LogP contribution < -0.4 is 14.4 Å². The molecule has 174 valence electrons.